The van der Waals surface area contributed by atoms with Crippen LogP contribution in [-0.2, 0) is 4.79 Å². The van der Waals surface area contributed by atoms with Gasteiger partial charge >= 0.3 is 6.18 Å². The highest BCUT2D eigenvalue weighted by molar-refractivity contribution is 5.75. The second-order valence-corrected chi connectivity index (χ2v) is 4.54. The minimum Gasteiger partial charge on any atom is -0.359 e. The predicted molar refractivity (Wildman–Crippen MR) is 62.2 cm³/mol. The first-order valence-corrected chi connectivity index (χ1v) is 6.14. The van der Waals surface area contributed by atoms with E-state index in [1.165, 1.54) is 4.90 Å². The van der Waals surface area contributed by atoms with Crippen LogP contribution in [0.25, 0.3) is 0 Å². The quantitative estimate of drug-likeness (QED) is 0.772. The van der Waals surface area contributed by atoms with Crippen LogP contribution in [0.4, 0.5) is 13.2 Å². The van der Waals surface area contributed by atoms with Crippen molar-refractivity contribution in [3.63, 3.8) is 0 Å². The second-order valence-electron chi connectivity index (χ2n) is 4.54. The molecule has 0 saturated carbocycles. The molecule has 1 aliphatic rings. The number of hydrogen-bond acceptors (Lipinski definition) is 3. The van der Waals surface area contributed by atoms with Crippen LogP contribution in [0.3, 0.4) is 0 Å². The minimum atomic E-state index is -4.11. The lowest BCUT2D eigenvalue weighted by Gasteiger charge is -2.32. The summed E-state index contributed by atoms with van der Waals surface area (Å²) >= 11 is 0. The second kappa shape index (κ2) is 6.94. The van der Waals surface area contributed by atoms with Crippen LogP contribution >= 0.6 is 0 Å². The number of carbonyl (C=O) groups excluding carboxylic acids is 1. The Labute approximate surface area is 105 Å². The molecule has 0 atom stereocenters. The van der Waals surface area contributed by atoms with Crippen LogP contribution < -0.4 is 10.6 Å². The van der Waals surface area contributed by atoms with Gasteiger partial charge in [-0.3, -0.25) is 9.69 Å². The summed E-state index contributed by atoms with van der Waals surface area (Å²) in [5.41, 5.74) is 0. The van der Waals surface area contributed by atoms with Gasteiger partial charge in [0.25, 0.3) is 0 Å². The summed E-state index contributed by atoms with van der Waals surface area (Å²) in [5, 5.41) is 5.72. The lowest BCUT2D eigenvalue weighted by atomic mass is 10.0. The zero-order valence-corrected chi connectivity index (χ0v) is 10.5. The maximum absolute atomic E-state index is 12.2. The van der Waals surface area contributed by atoms with E-state index in [9.17, 15) is 18.0 Å². The predicted octanol–water partition coefficient (Wildman–Crippen LogP) is 0.739. The van der Waals surface area contributed by atoms with Gasteiger partial charge in [-0.25, -0.2) is 0 Å². The van der Waals surface area contributed by atoms with Crippen LogP contribution in [-0.4, -0.2) is 56.3 Å². The Morgan fingerprint density at radius 3 is 2.44 bits per heavy atom. The molecule has 2 N–H and O–H groups in total. The number of carbonyl (C=O) groups is 1. The topological polar surface area (TPSA) is 44.4 Å². The summed E-state index contributed by atoms with van der Waals surface area (Å²) < 4.78 is 36.5. The summed E-state index contributed by atoms with van der Waals surface area (Å²) in [6.45, 7) is 0.663. The first-order valence-electron chi connectivity index (χ1n) is 6.14. The Kier molecular flexibility index (Phi) is 5.87. The van der Waals surface area contributed by atoms with Crippen LogP contribution in [0.1, 0.15) is 19.3 Å². The van der Waals surface area contributed by atoms with Gasteiger partial charge in [0, 0.05) is 26.1 Å². The number of hydrogen-bond donors (Lipinski definition) is 2. The molecular formula is C11H20F3N3O. The number of piperidine rings is 1. The van der Waals surface area contributed by atoms with E-state index in [2.05, 4.69) is 10.6 Å². The highest BCUT2D eigenvalue weighted by Crippen LogP contribution is 2.19. The molecule has 1 amide bonds. The van der Waals surface area contributed by atoms with Crippen molar-refractivity contribution in [2.24, 2.45) is 0 Å². The molecule has 1 heterocycles. The molecule has 1 aliphatic heterocycles. The van der Waals surface area contributed by atoms with Crippen LogP contribution in [0.5, 0.6) is 0 Å². The van der Waals surface area contributed by atoms with E-state index in [1.807, 2.05) is 0 Å². The summed E-state index contributed by atoms with van der Waals surface area (Å²) in [7, 11) is 1.58. The van der Waals surface area contributed by atoms with Crippen LogP contribution in [0.2, 0.25) is 0 Å². The molecule has 0 aromatic rings. The van der Waals surface area contributed by atoms with Crippen molar-refractivity contribution in [1.29, 1.82) is 0 Å². The maximum Gasteiger partial charge on any atom is 0.401 e. The van der Waals surface area contributed by atoms with E-state index < -0.39 is 12.7 Å². The first kappa shape index (κ1) is 15.2. The van der Waals surface area contributed by atoms with Crippen molar-refractivity contribution in [2.45, 2.75) is 31.5 Å². The van der Waals surface area contributed by atoms with Crippen molar-refractivity contribution in [3.8, 4) is 0 Å². The molecule has 0 unspecified atom stereocenters. The van der Waals surface area contributed by atoms with Crippen molar-refractivity contribution in [1.82, 2.24) is 15.5 Å². The number of halogens is 3. The molecule has 106 valence electrons. The number of alkyl halides is 3. The minimum absolute atomic E-state index is 0.0305. The number of amides is 1. The SMILES string of the molecule is CNC(=O)CCNC1CCN(CC(F)(F)F)CC1. The normalized spacial score (nSPS) is 18.9. The number of nitrogens with one attached hydrogen (secondary N) is 2. The van der Waals surface area contributed by atoms with E-state index in [0.29, 0.717) is 38.9 Å². The van der Waals surface area contributed by atoms with E-state index in [0.717, 1.165) is 0 Å². The number of rotatable bonds is 5. The largest absolute Gasteiger partial charge is 0.401 e. The maximum atomic E-state index is 12.2. The van der Waals surface area contributed by atoms with Crippen molar-refractivity contribution < 1.29 is 18.0 Å². The van der Waals surface area contributed by atoms with Gasteiger partial charge < -0.3 is 10.6 Å². The van der Waals surface area contributed by atoms with Crippen LogP contribution in [0.15, 0.2) is 0 Å². The Morgan fingerprint density at radius 2 is 1.94 bits per heavy atom. The number of likely N-dealkylation sites (tertiary alicyclic amines) is 1. The fraction of sp³-hybridized carbons (Fsp3) is 0.909. The molecule has 7 heteroatoms. The molecular weight excluding hydrogens is 247 g/mol. The summed E-state index contributed by atoms with van der Waals surface area (Å²) in [5.74, 6) is -0.0305. The number of nitrogens with zero attached hydrogens (tertiary/aromatic N) is 1. The average molecular weight is 267 g/mol. The Morgan fingerprint density at radius 1 is 1.33 bits per heavy atom. The van der Waals surface area contributed by atoms with Gasteiger partial charge in [-0.1, -0.05) is 0 Å². The molecule has 0 bridgehead atoms. The van der Waals surface area contributed by atoms with Crippen molar-refractivity contribution in [3.05, 3.63) is 0 Å². The zero-order valence-electron chi connectivity index (χ0n) is 10.5. The molecule has 4 nitrogen and oxygen atoms in total. The van der Waals surface area contributed by atoms with E-state index in [-0.39, 0.29) is 11.9 Å². The molecule has 0 aromatic heterocycles. The van der Waals surface area contributed by atoms with Gasteiger partial charge in [-0.15, -0.1) is 0 Å². The fourth-order valence-electron chi connectivity index (χ4n) is 2.06. The van der Waals surface area contributed by atoms with E-state index >= 15 is 0 Å². The van der Waals surface area contributed by atoms with Gasteiger partial charge in [0.15, 0.2) is 0 Å². The average Bonchev–Trinajstić information content (AvgIpc) is 2.29. The Bertz CT molecular complexity index is 263. The van der Waals surface area contributed by atoms with Crippen molar-refractivity contribution >= 4 is 5.91 Å². The van der Waals surface area contributed by atoms with Crippen molar-refractivity contribution in [2.75, 3.05) is 33.2 Å². The van der Waals surface area contributed by atoms with Gasteiger partial charge in [0.2, 0.25) is 5.91 Å². The highest BCUT2D eigenvalue weighted by atomic mass is 19.4. The fourth-order valence-corrected chi connectivity index (χ4v) is 2.06. The Balaban J connectivity index is 2.14. The molecule has 1 saturated heterocycles. The van der Waals surface area contributed by atoms with Crippen LogP contribution in [0, 0.1) is 0 Å². The van der Waals surface area contributed by atoms with Gasteiger partial charge in [0.1, 0.15) is 0 Å². The molecule has 0 aromatic carbocycles. The standard InChI is InChI=1S/C11H20F3N3O/c1-15-10(18)2-5-16-9-3-6-17(7-4-9)8-11(12,13)14/h9,16H,2-8H2,1H3,(H,15,18). The molecule has 1 fully saturated rings. The molecule has 0 spiro atoms. The zero-order chi connectivity index (χ0) is 13.6. The summed E-state index contributed by atoms with van der Waals surface area (Å²) in [4.78, 5) is 12.4. The monoisotopic (exact) mass is 267 g/mol. The van der Waals surface area contributed by atoms with E-state index in [4.69, 9.17) is 0 Å². The lowest BCUT2D eigenvalue weighted by Crippen LogP contribution is -2.46. The third kappa shape index (κ3) is 6.20. The van der Waals surface area contributed by atoms with Gasteiger partial charge in [-0.05, 0) is 25.9 Å². The molecule has 0 aliphatic carbocycles. The third-order valence-electron chi connectivity index (χ3n) is 3.05. The highest BCUT2D eigenvalue weighted by Gasteiger charge is 2.32. The molecule has 0 radical (unpaired) electrons. The summed E-state index contributed by atoms with van der Waals surface area (Å²) in [6, 6.07) is 0.221. The lowest BCUT2D eigenvalue weighted by molar-refractivity contribution is -0.148. The smallest absolute Gasteiger partial charge is 0.359 e. The molecule has 18 heavy (non-hydrogen) atoms. The Hall–Kier alpha value is -0.820. The summed E-state index contributed by atoms with van der Waals surface area (Å²) in [6.07, 6.45) is -2.31. The van der Waals surface area contributed by atoms with E-state index in [1.54, 1.807) is 7.05 Å². The first-order chi connectivity index (χ1) is 8.40. The van der Waals surface area contributed by atoms with Gasteiger partial charge in [0.05, 0.1) is 6.54 Å². The van der Waals surface area contributed by atoms with Gasteiger partial charge in [-0.2, -0.15) is 13.2 Å². The third-order valence-corrected chi connectivity index (χ3v) is 3.05. The molecule has 1 rings (SSSR count).